The Balaban J connectivity index is 4.38. The lowest BCUT2D eigenvalue weighted by atomic mass is 10.1. The van der Waals surface area contributed by atoms with Gasteiger partial charge in [0.15, 0.2) is 0 Å². The van der Waals surface area contributed by atoms with E-state index in [9.17, 15) is 14.3 Å². The second-order valence-electron chi connectivity index (χ2n) is 16.3. The minimum Gasteiger partial charge on any atom is -0.756 e. The Hall–Kier alpha value is -3.36. The van der Waals surface area contributed by atoms with Gasteiger partial charge in [0.05, 0.1) is 34.4 Å². The smallest absolute Gasteiger partial charge is 0.306 e. The Bertz CT molecular complexity index is 1460. The molecule has 0 fully saturated rings. The number of unbranched alkanes of at least 4 members (excludes halogenated alkanes) is 6. The van der Waals surface area contributed by atoms with Crippen LogP contribution < -0.4 is 4.89 Å². The van der Waals surface area contributed by atoms with Crippen molar-refractivity contribution >= 4 is 13.8 Å². The predicted octanol–water partition coefficient (Wildman–Crippen LogP) is 14.1. The monoisotopic (exact) mass is 894 g/mol. The van der Waals surface area contributed by atoms with Gasteiger partial charge in [-0.3, -0.25) is 9.36 Å². The van der Waals surface area contributed by atoms with Crippen LogP contribution in [-0.4, -0.2) is 70.7 Å². The number of carbonyl (C=O) groups is 1. The third-order valence-electron chi connectivity index (χ3n) is 9.20. The molecule has 2 unspecified atom stereocenters. The molecule has 0 aromatic heterocycles. The molecule has 0 amide bonds. The molecule has 0 aliphatic rings. The number of quaternary nitrogens is 1. The number of carbonyl (C=O) groups excluding carboxylic acids is 1. The van der Waals surface area contributed by atoms with E-state index >= 15 is 0 Å². The zero-order valence-corrected chi connectivity index (χ0v) is 41.1. The number of rotatable bonds is 42. The van der Waals surface area contributed by atoms with Crippen LogP contribution in [0.25, 0.3) is 0 Å². The molecule has 0 spiro atoms. The Morgan fingerprint density at radius 2 is 0.873 bits per heavy atom. The van der Waals surface area contributed by atoms with Crippen molar-refractivity contribution in [1.29, 1.82) is 0 Å². The van der Waals surface area contributed by atoms with Crippen molar-refractivity contribution < 1.29 is 37.3 Å². The van der Waals surface area contributed by atoms with Crippen LogP contribution in [0.3, 0.4) is 0 Å². The van der Waals surface area contributed by atoms with Gasteiger partial charge in [0, 0.05) is 13.0 Å². The summed E-state index contributed by atoms with van der Waals surface area (Å²) in [4.78, 5) is 25.1. The topological polar surface area (TPSA) is 94.1 Å². The molecule has 0 radical (unpaired) electrons. The molecule has 0 rings (SSSR count). The maximum absolute atomic E-state index is 12.7. The molecule has 356 valence electrons. The number of phosphoric ester groups is 1. The molecule has 0 saturated carbocycles. The Morgan fingerprint density at radius 3 is 1.30 bits per heavy atom. The van der Waals surface area contributed by atoms with Crippen molar-refractivity contribution in [2.75, 3.05) is 54.1 Å². The molecule has 0 N–H and O–H groups in total. The van der Waals surface area contributed by atoms with Crippen LogP contribution in [0, 0.1) is 0 Å². The number of esters is 1. The van der Waals surface area contributed by atoms with Crippen molar-refractivity contribution in [2.24, 2.45) is 0 Å². The third kappa shape index (κ3) is 49.5. The zero-order chi connectivity index (χ0) is 46.2. The minimum atomic E-state index is -4.56. The average molecular weight is 894 g/mol. The van der Waals surface area contributed by atoms with Crippen molar-refractivity contribution in [3.8, 4) is 0 Å². The van der Waals surface area contributed by atoms with E-state index in [2.05, 4.69) is 148 Å². The Kier molecular flexibility index (Phi) is 42.8. The summed E-state index contributed by atoms with van der Waals surface area (Å²) in [7, 11) is 1.28. The maximum atomic E-state index is 12.7. The van der Waals surface area contributed by atoms with E-state index in [0.717, 1.165) is 122 Å². The first-order valence-electron chi connectivity index (χ1n) is 23.9. The predicted molar refractivity (Wildman–Crippen MR) is 267 cm³/mol. The molecule has 0 aliphatic heterocycles. The fourth-order valence-electron chi connectivity index (χ4n) is 5.59. The number of phosphoric acid groups is 1. The number of likely N-dealkylation sites (N-methyl/N-ethyl adjacent to an activating group) is 1. The summed E-state index contributed by atoms with van der Waals surface area (Å²) in [6.45, 7) is 4.95. The van der Waals surface area contributed by atoms with E-state index in [1.807, 2.05) is 21.1 Å². The number of nitrogens with zero attached hydrogens (tertiary/aromatic N) is 1. The van der Waals surface area contributed by atoms with Crippen molar-refractivity contribution in [3.05, 3.63) is 134 Å². The Labute approximate surface area is 385 Å². The highest BCUT2D eigenvalue weighted by molar-refractivity contribution is 7.45. The highest BCUT2D eigenvalue weighted by Gasteiger charge is 2.20. The molecule has 0 heterocycles. The van der Waals surface area contributed by atoms with E-state index in [1.54, 1.807) is 0 Å². The second kappa shape index (κ2) is 45.2. The minimum absolute atomic E-state index is 0.00213. The first kappa shape index (κ1) is 59.6. The SMILES string of the molecule is CC/C=C\C/C=C\C/C=C\C/C=C\C/C=C\C/C=C\CCCOCC(COP(=O)([O-])OCC[N+](C)(C)C)OC(=O)CCCCCCC/C=C\C/C=C\C/C=C\C/C=C\C/C=C\CC. The van der Waals surface area contributed by atoms with Gasteiger partial charge in [0.1, 0.15) is 19.3 Å². The van der Waals surface area contributed by atoms with Crippen LogP contribution in [0.15, 0.2) is 134 Å². The highest BCUT2D eigenvalue weighted by Crippen LogP contribution is 2.38. The lowest BCUT2D eigenvalue weighted by molar-refractivity contribution is -0.870. The summed E-state index contributed by atoms with van der Waals surface area (Å²) >= 11 is 0. The summed E-state index contributed by atoms with van der Waals surface area (Å²) in [5, 5.41) is 0. The average Bonchev–Trinajstić information content (AvgIpc) is 3.24. The standard InChI is InChI=1S/C54H88NO7P/c1-6-8-10-12-14-16-18-20-22-24-26-28-29-31-33-35-37-39-41-43-45-47-54(56)62-53(52-61-63(57,58)60-50-48-55(3,4)5)51-59-49-46-44-42-40-38-36-34-32-30-27-25-23-21-19-17-15-13-11-9-7-2/h8-11,14-17,20-23,26-28,30-31,33-34,36,40,42,53H,6-7,12-13,18-19,24-25,29,32,35,37-39,41,43-52H2,1-5H3/b10-8-,11-9-,16-14-,17-15-,22-20-,23-21-,28-26-,30-27-,33-31-,36-34-,42-40-. The number of hydrogen-bond acceptors (Lipinski definition) is 7. The van der Waals surface area contributed by atoms with E-state index in [0.29, 0.717) is 17.6 Å². The number of hydrogen-bond donors (Lipinski definition) is 0. The van der Waals surface area contributed by atoms with Gasteiger partial charge in [-0.2, -0.15) is 0 Å². The fourth-order valence-corrected chi connectivity index (χ4v) is 6.32. The molecule has 0 aliphatic carbocycles. The van der Waals surface area contributed by atoms with Crippen LogP contribution >= 0.6 is 7.82 Å². The molecular formula is C54H88NO7P. The quantitative estimate of drug-likeness (QED) is 0.0198. The molecule has 2 atom stereocenters. The van der Waals surface area contributed by atoms with Crippen molar-refractivity contribution in [1.82, 2.24) is 0 Å². The summed E-state index contributed by atoms with van der Waals surface area (Å²) in [6, 6.07) is 0. The van der Waals surface area contributed by atoms with Crippen LogP contribution in [0.5, 0.6) is 0 Å². The zero-order valence-electron chi connectivity index (χ0n) is 40.2. The van der Waals surface area contributed by atoms with Crippen LogP contribution in [0.4, 0.5) is 0 Å². The summed E-state index contributed by atoms with van der Waals surface area (Å²) < 4.78 is 34.6. The second-order valence-corrected chi connectivity index (χ2v) is 17.8. The summed E-state index contributed by atoms with van der Waals surface area (Å²) in [6.07, 6.45) is 66.3. The van der Waals surface area contributed by atoms with Crippen molar-refractivity contribution in [3.63, 3.8) is 0 Å². The largest absolute Gasteiger partial charge is 0.756 e. The van der Waals surface area contributed by atoms with Crippen LogP contribution in [-0.2, 0) is 27.9 Å². The maximum Gasteiger partial charge on any atom is 0.306 e. The van der Waals surface area contributed by atoms with Gasteiger partial charge in [-0.15, -0.1) is 0 Å². The molecule has 63 heavy (non-hydrogen) atoms. The van der Waals surface area contributed by atoms with Gasteiger partial charge in [-0.05, 0) is 103 Å². The first-order chi connectivity index (χ1) is 30.6. The van der Waals surface area contributed by atoms with Crippen LogP contribution in [0.2, 0.25) is 0 Å². The molecule has 0 aromatic carbocycles. The number of allylic oxidation sites excluding steroid dienone is 22. The van der Waals surface area contributed by atoms with Gasteiger partial charge in [0.2, 0.25) is 0 Å². The van der Waals surface area contributed by atoms with Gasteiger partial charge < -0.3 is 27.9 Å². The summed E-state index contributed by atoms with van der Waals surface area (Å²) in [5.74, 6) is -0.379. The molecule has 0 saturated heterocycles. The van der Waals surface area contributed by atoms with E-state index in [4.69, 9.17) is 18.5 Å². The molecule has 8 nitrogen and oxygen atoms in total. The lowest BCUT2D eigenvalue weighted by Gasteiger charge is -2.28. The lowest BCUT2D eigenvalue weighted by Crippen LogP contribution is -2.37. The van der Waals surface area contributed by atoms with Gasteiger partial charge in [0.25, 0.3) is 7.82 Å². The highest BCUT2D eigenvalue weighted by atomic mass is 31.2. The van der Waals surface area contributed by atoms with E-state index in [-0.39, 0.29) is 32.2 Å². The summed E-state index contributed by atoms with van der Waals surface area (Å²) in [5.41, 5.74) is 0. The van der Waals surface area contributed by atoms with E-state index in [1.165, 1.54) is 0 Å². The first-order valence-corrected chi connectivity index (χ1v) is 25.4. The normalized spacial score (nSPS) is 14.8. The number of ether oxygens (including phenoxy) is 2. The van der Waals surface area contributed by atoms with E-state index < -0.39 is 13.9 Å². The van der Waals surface area contributed by atoms with Gasteiger partial charge in [-0.25, -0.2) is 0 Å². The van der Waals surface area contributed by atoms with Gasteiger partial charge >= 0.3 is 5.97 Å². The van der Waals surface area contributed by atoms with Crippen LogP contribution in [0.1, 0.15) is 142 Å². The third-order valence-corrected chi connectivity index (χ3v) is 10.2. The molecule has 0 bridgehead atoms. The molecule has 9 heteroatoms. The fraction of sp³-hybridized carbons (Fsp3) is 0.574. The Morgan fingerprint density at radius 1 is 0.492 bits per heavy atom. The van der Waals surface area contributed by atoms with Gasteiger partial charge in [-0.1, -0.05) is 167 Å². The molecule has 0 aromatic rings. The van der Waals surface area contributed by atoms with Crippen molar-refractivity contribution in [2.45, 2.75) is 148 Å². The molecular weight excluding hydrogens is 806 g/mol.